The molecule has 1 unspecified atom stereocenters. The van der Waals surface area contributed by atoms with E-state index in [9.17, 15) is 0 Å². The smallest absolute Gasteiger partial charge is 0.131 e. The predicted octanol–water partition coefficient (Wildman–Crippen LogP) is -0.421. The summed E-state index contributed by atoms with van der Waals surface area (Å²) in [6.45, 7) is 2.38. The summed E-state index contributed by atoms with van der Waals surface area (Å²) in [5, 5.41) is 3.12. The van der Waals surface area contributed by atoms with Gasteiger partial charge in [0.25, 0.3) is 0 Å². The summed E-state index contributed by atoms with van der Waals surface area (Å²) in [5.41, 5.74) is 0. The van der Waals surface area contributed by atoms with E-state index in [1.165, 1.54) is 0 Å². The first kappa shape index (κ1) is 6.01. The highest BCUT2D eigenvalue weighted by Gasteiger charge is 2.09. The Bertz CT molecular complexity index is 61.4. The van der Waals surface area contributed by atoms with Gasteiger partial charge in [-0.15, -0.1) is 0 Å². The summed E-state index contributed by atoms with van der Waals surface area (Å²) >= 11 is 0. The fourth-order valence-corrected chi connectivity index (χ4v) is 0.693. The van der Waals surface area contributed by atoms with Crippen molar-refractivity contribution in [3.05, 3.63) is 0 Å². The van der Waals surface area contributed by atoms with Crippen LogP contribution in [0, 0.1) is 0 Å². The summed E-state index contributed by atoms with van der Waals surface area (Å²) in [5.74, 6) is 0. The van der Waals surface area contributed by atoms with Crippen LogP contribution >= 0.6 is 0 Å². The molecule has 1 atom stereocenters. The maximum Gasteiger partial charge on any atom is 0.131 e. The molecular weight excluding hydrogens is 106 g/mol. The first-order valence-electron chi connectivity index (χ1n) is 2.77. The van der Waals surface area contributed by atoms with E-state index in [4.69, 9.17) is 9.47 Å². The highest BCUT2D eigenvalue weighted by Crippen LogP contribution is 1.91. The monoisotopic (exact) mass is 117 g/mol. The Morgan fingerprint density at radius 1 is 1.75 bits per heavy atom. The topological polar surface area (TPSA) is 30.5 Å². The molecule has 48 valence electrons. The molecule has 1 rings (SSSR count). The number of hydrogen-bond acceptors (Lipinski definition) is 3. The van der Waals surface area contributed by atoms with Crippen LogP contribution < -0.4 is 5.32 Å². The molecule has 1 fully saturated rings. The molecule has 1 N–H and O–H groups in total. The Morgan fingerprint density at radius 2 is 2.62 bits per heavy atom. The molecule has 0 bridgehead atoms. The number of nitrogens with one attached hydrogen (secondary N) is 1. The van der Waals surface area contributed by atoms with Crippen molar-refractivity contribution in [2.45, 2.75) is 6.23 Å². The van der Waals surface area contributed by atoms with E-state index in [0.717, 1.165) is 13.2 Å². The number of rotatable bonds is 1. The van der Waals surface area contributed by atoms with Gasteiger partial charge < -0.3 is 9.47 Å². The van der Waals surface area contributed by atoms with Crippen LogP contribution in [0.4, 0.5) is 0 Å². The van der Waals surface area contributed by atoms with E-state index in [-0.39, 0.29) is 6.23 Å². The van der Waals surface area contributed by atoms with Crippen LogP contribution in [0.2, 0.25) is 0 Å². The largest absolute Gasteiger partial charge is 0.376 e. The lowest BCUT2D eigenvalue weighted by Crippen LogP contribution is -2.42. The Labute approximate surface area is 49.0 Å². The Balaban J connectivity index is 2.13. The van der Waals surface area contributed by atoms with Crippen molar-refractivity contribution in [2.24, 2.45) is 0 Å². The molecule has 0 saturated carbocycles. The summed E-state index contributed by atoms with van der Waals surface area (Å²) in [4.78, 5) is 0. The number of hydrogen-bond donors (Lipinski definition) is 1. The van der Waals surface area contributed by atoms with E-state index >= 15 is 0 Å². The van der Waals surface area contributed by atoms with Crippen LogP contribution in [0.3, 0.4) is 0 Å². The van der Waals surface area contributed by atoms with Crippen LogP contribution in [-0.2, 0) is 9.47 Å². The molecule has 3 nitrogen and oxygen atoms in total. The highest BCUT2D eigenvalue weighted by molar-refractivity contribution is 4.58. The van der Waals surface area contributed by atoms with E-state index in [2.05, 4.69) is 5.32 Å². The first-order valence-corrected chi connectivity index (χ1v) is 2.77. The first-order chi connectivity index (χ1) is 3.93. The minimum absolute atomic E-state index is 0.115. The van der Waals surface area contributed by atoms with Gasteiger partial charge in [0.05, 0.1) is 13.2 Å². The third-order valence-corrected chi connectivity index (χ3v) is 1.17. The fourth-order valence-electron chi connectivity index (χ4n) is 0.693. The molecule has 1 heterocycles. The molecule has 0 amide bonds. The average Bonchev–Trinajstić information content (AvgIpc) is 1.90. The van der Waals surface area contributed by atoms with Crippen molar-refractivity contribution < 1.29 is 9.47 Å². The van der Waals surface area contributed by atoms with Crippen LogP contribution in [0.5, 0.6) is 0 Å². The van der Waals surface area contributed by atoms with E-state index in [1.54, 1.807) is 7.11 Å². The molecule has 0 aromatic heterocycles. The van der Waals surface area contributed by atoms with E-state index in [0.29, 0.717) is 6.61 Å². The fraction of sp³-hybridized carbons (Fsp3) is 1.00. The van der Waals surface area contributed by atoms with Gasteiger partial charge in [-0.1, -0.05) is 0 Å². The van der Waals surface area contributed by atoms with Crippen molar-refractivity contribution in [1.29, 1.82) is 0 Å². The molecule has 8 heavy (non-hydrogen) atoms. The quantitative estimate of drug-likeness (QED) is 0.506. The molecule has 1 aliphatic heterocycles. The lowest BCUT2D eigenvalue weighted by atomic mass is 10.5. The van der Waals surface area contributed by atoms with E-state index in [1.807, 2.05) is 0 Å². The molecule has 0 aromatic carbocycles. The van der Waals surface area contributed by atoms with Gasteiger partial charge in [0, 0.05) is 13.7 Å². The summed E-state index contributed by atoms with van der Waals surface area (Å²) in [7, 11) is 1.67. The minimum atomic E-state index is 0.115. The average molecular weight is 117 g/mol. The van der Waals surface area contributed by atoms with Gasteiger partial charge in [-0.3, -0.25) is 5.32 Å². The number of ether oxygens (including phenoxy) is 2. The van der Waals surface area contributed by atoms with Crippen molar-refractivity contribution in [3.8, 4) is 0 Å². The van der Waals surface area contributed by atoms with Gasteiger partial charge in [-0.25, -0.2) is 0 Å². The minimum Gasteiger partial charge on any atom is -0.376 e. The predicted molar refractivity (Wildman–Crippen MR) is 29.6 cm³/mol. The van der Waals surface area contributed by atoms with Gasteiger partial charge in [0.15, 0.2) is 0 Å². The second kappa shape index (κ2) is 3.02. The standard InChI is InChI=1S/C5H11NO2/c1-7-5-4-8-3-2-6-5/h5-6H,2-4H2,1H3. The highest BCUT2D eigenvalue weighted by atomic mass is 16.5. The molecule has 1 aliphatic rings. The Morgan fingerprint density at radius 3 is 3.00 bits per heavy atom. The van der Waals surface area contributed by atoms with Gasteiger partial charge in [0.1, 0.15) is 6.23 Å². The van der Waals surface area contributed by atoms with E-state index < -0.39 is 0 Å². The van der Waals surface area contributed by atoms with Crippen molar-refractivity contribution >= 4 is 0 Å². The normalized spacial score (nSPS) is 30.4. The molecule has 0 aromatic rings. The Hall–Kier alpha value is -0.120. The van der Waals surface area contributed by atoms with Gasteiger partial charge in [0.2, 0.25) is 0 Å². The molecular formula is C5H11NO2. The molecule has 0 aliphatic carbocycles. The second-order valence-electron chi connectivity index (χ2n) is 1.75. The summed E-state index contributed by atoms with van der Waals surface area (Å²) < 4.78 is 10.0. The summed E-state index contributed by atoms with van der Waals surface area (Å²) in [6.07, 6.45) is 0.115. The maximum absolute atomic E-state index is 5.09. The van der Waals surface area contributed by atoms with Crippen LogP contribution in [0.1, 0.15) is 0 Å². The molecule has 0 spiro atoms. The Kier molecular flexibility index (Phi) is 2.27. The molecule has 1 saturated heterocycles. The lowest BCUT2D eigenvalue weighted by Gasteiger charge is -2.21. The lowest BCUT2D eigenvalue weighted by molar-refractivity contribution is -0.0403. The molecule has 0 radical (unpaired) electrons. The zero-order chi connectivity index (χ0) is 5.82. The van der Waals surface area contributed by atoms with Gasteiger partial charge in [-0.2, -0.15) is 0 Å². The summed E-state index contributed by atoms with van der Waals surface area (Å²) in [6, 6.07) is 0. The van der Waals surface area contributed by atoms with Crippen molar-refractivity contribution in [2.75, 3.05) is 26.9 Å². The second-order valence-corrected chi connectivity index (χ2v) is 1.75. The number of methoxy groups -OCH3 is 1. The zero-order valence-corrected chi connectivity index (χ0v) is 5.02. The maximum atomic E-state index is 5.09. The van der Waals surface area contributed by atoms with Crippen molar-refractivity contribution in [1.82, 2.24) is 5.32 Å². The van der Waals surface area contributed by atoms with Crippen LogP contribution in [-0.4, -0.2) is 33.1 Å². The van der Waals surface area contributed by atoms with Crippen LogP contribution in [0.15, 0.2) is 0 Å². The van der Waals surface area contributed by atoms with Crippen LogP contribution in [0.25, 0.3) is 0 Å². The zero-order valence-electron chi connectivity index (χ0n) is 5.02. The molecule has 3 heteroatoms. The van der Waals surface area contributed by atoms with Gasteiger partial charge >= 0.3 is 0 Å². The van der Waals surface area contributed by atoms with Gasteiger partial charge in [-0.05, 0) is 0 Å². The third-order valence-electron chi connectivity index (χ3n) is 1.17. The van der Waals surface area contributed by atoms with Crippen molar-refractivity contribution in [3.63, 3.8) is 0 Å². The third kappa shape index (κ3) is 1.43. The SMILES string of the molecule is COC1COCCN1. The number of morpholine rings is 1.